The van der Waals surface area contributed by atoms with Gasteiger partial charge in [-0.05, 0) is 53.8 Å². The first kappa shape index (κ1) is 30.4. The molecule has 1 saturated heterocycles. The van der Waals surface area contributed by atoms with Gasteiger partial charge >= 0.3 is 5.97 Å². The average Bonchev–Trinajstić information content (AvgIpc) is 3.46. The van der Waals surface area contributed by atoms with Gasteiger partial charge < -0.3 is 25.5 Å². The molecule has 1 fully saturated rings. The van der Waals surface area contributed by atoms with Gasteiger partial charge in [0.05, 0.1) is 35.8 Å². The van der Waals surface area contributed by atoms with Crippen molar-refractivity contribution < 1.29 is 24.3 Å². The maximum atomic E-state index is 13.4. The molecule has 3 N–H and O–H groups in total. The number of carboxylic acids is 1. The number of nitrogens with one attached hydrogen (secondary N) is 2. The van der Waals surface area contributed by atoms with Gasteiger partial charge in [-0.2, -0.15) is 0 Å². The monoisotopic (exact) mass is 611 g/mol. The van der Waals surface area contributed by atoms with E-state index in [1.54, 1.807) is 53.7 Å². The molecule has 10 nitrogen and oxygen atoms in total. The summed E-state index contributed by atoms with van der Waals surface area (Å²) < 4.78 is 0. The lowest BCUT2D eigenvalue weighted by Crippen LogP contribution is -2.35. The standard InChI is InChI=1S/C33H33N5O5S/c39-30(19-23-7-2-1-3-8-23)35-26-20-24(32(42)36-27(21-31(40)41)29-10-5-18-44-29)11-12-28(26)37-14-6-15-38(17-16-37)33(43)25-9-4-13-34-22-25/h1-5,7-13,18,20,22,27H,6,14-17,19,21H2,(H,35,39)(H,36,42)(H,40,41). The number of benzene rings is 2. The van der Waals surface area contributed by atoms with E-state index in [0.717, 1.165) is 16.1 Å². The zero-order valence-corrected chi connectivity index (χ0v) is 24.8. The summed E-state index contributed by atoms with van der Waals surface area (Å²) in [6.45, 7) is 2.22. The van der Waals surface area contributed by atoms with E-state index in [2.05, 4.69) is 20.5 Å². The normalized spacial score (nSPS) is 13.9. The van der Waals surface area contributed by atoms with Crippen LogP contribution in [0.2, 0.25) is 0 Å². The minimum absolute atomic E-state index is 0.0787. The SMILES string of the molecule is O=C(O)CC(NC(=O)c1ccc(N2CCCN(C(=O)c3cccnc3)CC2)c(NC(=O)Cc2ccccc2)c1)c1cccs1. The van der Waals surface area contributed by atoms with E-state index < -0.39 is 17.9 Å². The van der Waals surface area contributed by atoms with Crippen molar-refractivity contribution in [1.82, 2.24) is 15.2 Å². The summed E-state index contributed by atoms with van der Waals surface area (Å²) in [7, 11) is 0. The molecule has 1 aliphatic rings. The number of amides is 3. The molecule has 0 aliphatic carbocycles. The van der Waals surface area contributed by atoms with Gasteiger partial charge in [-0.3, -0.25) is 24.2 Å². The summed E-state index contributed by atoms with van der Waals surface area (Å²) in [5.41, 5.74) is 2.88. The first-order chi connectivity index (χ1) is 21.4. The van der Waals surface area contributed by atoms with Crippen LogP contribution in [0, 0.1) is 0 Å². The van der Waals surface area contributed by atoms with Gasteiger partial charge in [0, 0.05) is 49.0 Å². The Morgan fingerprint density at radius 3 is 2.48 bits per heavy atom. The highest BCUT2D eigenvalue weighted by Gasteiger charge is 2.24. The molecule has 5 rings (SSSR count). The Labute approximate surface area is 259 Å². The fourth-order valence-electron chi connectivity index (χ4n) is 5.19. The zero-order chi connectivity index (χ0) is 30.9. The summed E-state index contributed by atoms with van der Waals surface area (Å²) in [6.07, 6.45) is 3.81. The van der Waals surface area contributed by atoms with E-state index in [0.29, 0.717) is 49.4 Å². The van der Waals surface area contributed by atoms with Gasteiger partial charge in [0.2, 0.25) is 5.91 Å². The molecule has 3 amide bonds. The second-order valence-electron chi connectivity index (χ2n) is 10.5. The molecule has 226 valence electrons. The lowest BCUT2D eigenvalue weighted by atomic mass is 10.1. The van der Waals surface area contributed by atoms with E-state index in [4.69, 9.17) is 0 Å². The molecule has 11 heteroatoms. The van der Waals surface area contributed by atoms with E-state index in [1.165, 1.54) is 11.3 Å². The van der Waals surface area contributed by atoms with E-state index in [1.807, 2.05) is 41.8 Å². The van der Waals surface area contributed by atoms with Crippen molar-refractivity contribution >= 4 is 46.4 Å². The van der Waals surface area contributed by atoms with Crippen molar-refractivity contribution in [3.05, 3.63) is 112 Å². The Morgan fingerprint density at radius 1 is 0.909 bits per heavy atom. The number of aromatic nitrogens is 1. The number of hydrogen-bond acceptors (Lipinski definition) is 7. The van der Waals surface area contributed by atoms with Crippen LogP contribution in [-0.4, -0.2) is 64.9 Å². The van der Waals surface area contributed by atoms with Gasteiger partial charge in [-0.1, -0.05) is 36.4 Å². The van der Waals surface area contributed by atoms with Crippen LogP contribution in [0.1, 0.15) is 50.0 Å². The summed E-state index contributed by atoms with van der Waals surface area (Å²) in [6, 6.07) is 20.9. The molecule has 2 aromatic heterocycles. The number of hydrogen-bond donors (Lipinski definition) is 3. The van der Waals surface area contributed by atoms with Crippen LogP contribution < -0.4 is 15.5 Å². The van der Waals surface area contributed by atoms with Crippen LogP contribution in [0.25, 0.3) is 0 Å². The minimum Gasteiger partial charge on any atom is -0.481 e. The smallest absolute Gasteiger partial charge is 0.305 e. The number of pyridine rings is 1. The van der Waals surface area contributed by atoms with Crippen molar-refractivity contribution in [3.8, 4) is 0 Å². The number of nitrogens with zero attached hydrogens (tertiary/aromatic N) is 3. The molecule has 0 radical (unpaired) electrons. The van der Waals surface area contributed by atoms with E-state index in [9.17, 15) is 24.3 Å². The van der Waals surface area contributed by atoms with Crippen molar-refractivity contribution in [2.24, 2.45) is 0 Å². The van der Waals surface area contributed by atoms with Crippen LogP contribution in [0.3, 0.4) is 0 Å². The number of rotatable bonds is 10. The fourth-order valence-corrected chi connectivity index (χ4v) is 5.97. The molecule has 1 aliphatic heterocycles. The number of aliphatic carboxylic acids is 1. The summed E-state index contributed by atoms with van der Waals surface area (Å²) in [5.74, 6) is -1.78. The van der Waals surface area contributed by atoms with Gasteiger partial charge in [-0.15, -0.1) is 11.3 Å². The van der Waals surface area contributed by atoms with Crippen molar-refractivity contribution in [2.45, 2.75) is 25.3 Å². The van der Waals surface area contributed by atoms with Crippen LogP contribution in [0.5, 0.6) is 0 Å². The average molecular weight is 612 g/mol. The number of carbonyl (C=O) groups excluding carboxylic acids is 3. The molecular formula is C33H33N5O5S. The summed E-state index contributed by atoms with van der Waals surface area (Å²) >= 11 is 1.37. The fraction of sp³-hybridized carbons (Fsp3) is 0.242. The Balaban J connectivity index is 1.38. The summed E-state index contributed by atoms with van der Waals surface area (Å²) in [5, 5.41) is 17.1. The second-order valence-corrected chi connectivity index (χ2v) is 11.4. The quantitative estimate of drug-likeness (QED) is 0.238. The lowest BCUT2D eigenvalue weighted by molar-refractivity contribution is -0.137. The maximum Gasteiger partial charge on any atom is 0.305 e. The number of carboxylic acid groups (broad SMARTS) is 1. The van der Waals surface area contributed by atoms with Crippen molar-refractivity contribution in [2.75, 3.05) is 36.4 Å². The van der Waals surface area contributed by atoms with Crippen LogP contribution in [-0.2, 0) is 16.0 Å². The second kappa shape index (κ2) is 14.4. The van der Waals surface area contributed by atoms with E-state index in [-0.39, 0.29) is 24.7 Å². The first-order valence-electron chi connectivity index (χ1n) is 14.4. The van der Waals surface area contributed by atoms with Crippen LogP contribution in [0.15, 0.2) is 90.6 Å². The molecule has 44 heavy (non-hydrogen) atoms. The molecule has 3 heterocycles. The van der Waals surface area contributed by atoms with Gasteiger partial charge in [0.25, 0.3) is 11.8 Å². The van der Waals surface area contributed by atoms with Crippen LogP contribution in [0.4, 0.5) is 11.4 Å². The third kappa shape index (κ3) is 7.87. The molecule has 0 bridgehead atoms. The third-order valence-electron chi connectivity index (χ3n) is 7.34. The number of carbonyl (C=O) groups is 4. The van der Waals surface area contributed by atoms with Gasteiger partial charge in [0.1, 0.15) is 0 Å². The molecule has 4 aromatic rings. The molecular weight excluding hydrogens is 578 g/mol. The highest BCUT2D eigenvalue weighted by molar-refractivity contribution is 7.10. The highest BCUT2D eigenvalue weighted by atomic mass is 32.1. The third-order valence-corrected chi connectivity index (χ3v) is 8.33. The van der Waals surface area contributed by atoms with Crippen molar-refractivity contribution in [3.63, 3.8) is 0 Å². The Bertz CT molecular complexity index is 1600. The topological polar surface area (TPSA) is 132 Å². The van der Waals surface area contributed by atoms with Crippen molar-refractivity contribution in [1.29, 1.82) is 0 Å². The maximum absolute atomic E-state index is 13.4. The Hall–Kier alpha value is -5.03. The Morgan fingerprint density at radius 2 is 1.75 bits per heavy atom. The Kier molecular flexibility index (Phi) is 9.98. The summed E-state index contributed by atoms with van der Waals surface area (Å²) in [4.78, 5) is 59.8. The first-order valence-corrected chi connectivity index (χ1v) is 15.2. The molecule has 1 unspecified atom stereocenters. The largest absolute Gasteiger partial charge is 0.481 e. The molecule has 0 saturated carbocycles. The molecule has 1 atom stereocenters. The van der Waals surface area contributed by atoms with Crippen LogP contribution >= 0.6 is 11.3 Å². The van der Waals surface area contributed by atoms with E-state index >= 15 is 0 Å². The predicted molar refractivity (Wildman–Crippen MR) is 169 cm³/mol. The zero-order valence-electron chi connectivity index (χ0n) is 24.0. The molecule has 2 aromatic carbocycles. The highest BCUT2D eigenvalue weighted by Crippen LogP contribution is 2.30. The lowest BCUT2D eigenvalue weighted by Gasteiger charge is -2.27. The molecule has 0 spiro atoms. The number of anilines is 2. The van der Waals surface area contributed by atoms with Gasteiger partial charge in [-0.25, -0.2) is 0 Å². The number of thiophene rings is 1. The minimum atomic E-state index is -1.02. The van der Waals surface area contributed by atoms with Gasteiger partial charge in [0.15, 0.2) is 0 Å². The predicted octanol–water partition coefficient (Wildman–Crippen LogP) is 4.62.